The number of amidine groups is 1. The van der Waals surface area contributed by atoms with Crippen LogP contribution in [0.2, 0.25) is 0 Å². The molecule has 2 aromatic rings. The van der Waals surface area contributed by atoms with E-state index in [1.54, 1.807) is 0 Å². The van der Waals surface area contributed by atoms with Crippen molar-refractivity contribution in [2.24, 2.45) is 15.9 Å². The lowest BCUT2D eigenvalue weighted by Crippen LogP contribution is -2.19. The first kappa shape index (κ1) is 13.8. The molecule has 22 heavy (non-hydrogen) atoms. The Balaban J connectivity index is 2.18. The molecule has 0 atom stereocenters. The van der Waals surface area contributed by atoms with Crippen molar-refractivity contribution >= 4 is 17.1 Å². The highest BCUT2D eigenvalue weighted by Gasteiger charge is 2.24. The largest absolute Gasteiger partial charge is 0.382 e. The summed E-state index contributed by atoms with van der Waals surface area (Å²) in [6, 6.07) is 21.7. The molecule has 4 nitrogen and oxygen atoms in total. The molecule has 0 aromatic heterocycles. The third kappa shape index (κ3) is 2.52. The number of nitrogens with zero attached hydrogens (tertiary/aromatic N) is 3. The standard InChI is InChI=1S/C18H14N4/c19-12-11-15(13-7-3-1-4-8-13)16-17(21-22-18(16)20)14-9-5-2-6-10-14/h1-10H,11H2,(H2,20,22)/b16-15+. The highest BCUT2D eigenvalue weighted by molar-refractivity contribution is 6.35. The van der Waals surface area contributed by atoms with Gasteiger partial charge in [-0.2, -0.15) is 5.26 Å². The van der Waals surface area contributed by atoms with Crippen molar-refractivity contribution in [2.75, 3.05) is 0 Å². The van der Waals surface area contributed by atoms with E-state index < -0.39 is 0 Å². The van der Waals surface area contributed by atoms with E-state index in [2.05, 4.69) is 16.3 Å². The van der Waals surface area contributed by atoms with E-state index in [9.17, 15) is 5.26 Å². The zero-order chi connectivity index (χ0) is 15.4. The quantitative estimate of drug-likeness (QED) is 0.941. The number of rotatable bonds is 3. The summed E-state index contributed by atoms with van der Waals surface area (Å²) in [5.41, 5.74) is 10.3. The fourth-order valence-electron chi connectivity index (χ4n) is 2.47. The SMILES string of the molecule is N#CC/C(=C1\C(N)=NN=C1c1ccccc1)c1ccccc1. The van der Waals surface area contributed by atoms with Crippen LogP contribution in [-0.2, 0) is 0 Å². The van der Waals surface area contributed by atoms with Crippen LogP contribution in [0.15, 0.2) is 76.4 Å². The van der Waals surface area contributed by atoms with Gasteiger partial charge in [0.2, 0.25) is 0 Å². The van der Waals surface area contributed by atoms with E-state index in [0.29, 0.717) is 11.5 Å². The molecule has 0 saturated heterocycles. The zero-order valence-electron chi connectivity index (χ0n) is 11.9. The van der Waals surface area contributed by atoms with Crippen LogP contribution in [0.3, 0.4) is 0 Å². The molecule has 0 amide bonds. The van der Waals surface area contributed by atoms with Gasteiger partial charge in [-0.25, -0.2) is 0 Å². The fraction of sp³-hybridized carbons (Fsp3) is 0.0556. The second-order valence-electron chi connectivity index (χ2n) is 4.85. The maximum Gasteiger partial charge on any atom is 0.155 e. The molecule has 4 heteroatoms. The molecule has 2 N–H and O–H groups in total. The Morgan fingerprint density at radius 3 is 2.23 bits per heavy atom. The Morgan fingerprint density at radius 2 is 1.59 bits per heavy atom. The van der Waals surface area contributed by atoms with E-state index in [0.717, 1.165) is 22.3 Å². The van der Waals surface area contributed by atoms with E-state index in [4.69, 9.17) is 5.73 Å². The molecule has 1 heterocycles. The minimum Gasteiger partial charge on any atom is -0.382 e. The summed E-state index contributed by atoms with van der Waals surface area (Å²) in [7, 11) is 0. The Hall–Kier alpha value is -3.19. The summed E-state index contributed by atoms with van der Waals surface area (Å²) < 4.78 is 0. The molecule has 1 aliphatic rings. The van der Waals surface area contributed by atoms with Gasteiger partial charge >= 0.3 is 0 Å². The van der Waals surface area contributed by atoms with Crippen molar-refractivity contribution in [1.29, 1.82) is 5.26 Å². The van der Waals surface area contributed by atoms with Crippen molar-refractivity contribution in [1.82, 2.24) is 0 Å². The molecule has 0 spiro atoms. The van der Waals surface area contributed by atoms with Crippen LogP contribution in [0, 0.1) is 11.3 Å². The van der Waals surface area contributed by atoms with E-state index in [1.807, 2.05) is 60.7 Å². The van der Waals surface area contributed by atoms with Crippen LogP contribution >= 0.6 is 0 Å². The van der Waals surface area contributed by atoms with Gasteiger partial charge in [-0.1, -0.05) is 60.7 Å². The molecule has 2 aromatic carbocycles. The van der Waals surface area contributed by atoms with Gasteiger partial charge in [-0.15, -0.1) is 10.2 Å². The lowest BCUT2D eigenvalue weighted by molar-refractivity contribution is 1.26. The van der Waals surface area contributed by atoms with Gasteiger partial charge in [0.15, 0.2) is 5.84 Å². The Kier molecular flexibility index (Phi) is 3.80. The minimum atomic E-state index is 0.251. The average molecular weight is 286 g/mol. The first-order valence-electron chi connectivity index (χ1n) is 6.94. The number of nitrogens with two attached hydrogens (primary N) is 1. The second-order valence-corrected chi connectivity index (χ2v) is 4.85. The van der Waals surface area contributed by atoms with Crippen molar-refractivity contribution < 1.29 is 0 Å². The summed E-state index contributed by atoms with van der Waals surface area (Å²) >= 11 is 0. The molecule has 106 valence electrons. The van der Waals surface area contributed by atoms with Crippen molar-refractivity contribution in [3.63, 3.8) is 0 Å². The highest BCUT2D eigenvalue weighted by Crippen LogP contribution is 2.27. The molecular formula is C18H14N4. The normalized spacial score (nSPS) is 15.8. The van der Waals surface area contributed by atoms with Crippen LogP contribution in [0.4, 0.5) is 0 Å². The number of nitriles is 1. The third-order valence-electron chi connectivity index (χ3n) is 3.48. The predicted molar refractivity (Wildman–Crippen MR) is 88.2 cm³/mol. The van der Waals surface area contributed by atoms with Crippen LogP contribution in [0.1, 0.15) is 17.5 Å². The van der Waals surface area contributed by atoms with Gasteiger partial charge < -0.3 is 5.73 Å². The smallest absolute Gasteiger partial charge is 0.155 e. The first-order valence-corrected chi connectivity index (χ1v) is 6.94. The Labute approximate surface area is 128 Å². The van der Waals surface area contributed by atoms with Crippen molar-refractivity contribution in [3.05, 3.63) is 77.4 Å². The molecule has 0 saturated carbocycles. The molecule has 3 rings (SSSR count). The summed E-state index contributed by atoms with van der Waals surface area (Å²) in [5, 5.41) is 17.4. The third-order valence-corrected chi connectivity index (χ3v) is 3.48. The lowest BCUT2D eigenvalue weighted by atomic mass is 9.91. The number of benzene rings is 2. The van der Waals surface area contributed by atoms with Gasteiger partial charge in [0.1, 0.15) is 5.71 Å². The molecule has 0 radical (unpaired) electrons. The fourth-order valence-corrected chi connectivity index (χ4v) is 2.47. The monoisotopic (exact) mass is 286 g/mol. The van der Waals surface area contributed by atoms with Crippen LogP contribution in [-0.4, -0.2) is 11.5 Å². The summed E-state index contributed by atoms with van der Waals surface area (Å²) in [5.74, 6) is 0.355. The summed E-state index contributed by atoms with van der Waals surface area (Å²) in [6.45, 7) is 0. The van der Waals surface area contributed by atoms with Crippen molar-refractivity contribution in [2.45, 2.75) is 6.42 Å². The lowest BCUT2D eigenvalue weighted by Gasteiger charge is -2.11. The molecule has 0 unspecified atom stereocenters. The maximum atomic E-state index is 9.20. The first-order chi connectivity index (χ1) is 10.8. The van der Waals surface area contributed by atoms with Gasteiger partial charge in [0, 0.05) is 5.56 Å². The van der Waals surface area contributed by atoms with Crippen LogP contribution in [0.5, 0.6) is 0 Å². The molecule has 0 fully saturated rings. The van der Waals surface area contributed by atoms with E-state index in [-0.39, 0.29) is 6.42 Å². The highest BCUT2D eigenvalue weighted by atomic mass is 15.3. The zero-order valence-corrected chi connectivity index (χ0v) is 11.9. The Bertz CT molecular complexity index is 809. The number of hydrogen-bond donors (Lipinski definition) is 1. The molecule has 0 bridgehead atoms. The van der Waals surface area contributed by atoms with Gasteiger partial charge in [-0.05, 0) is 11.1 Å². The maximum absolute atomic E-state index is 9.20. The van der Waals surface area contributed by atoms with Gasteiger partial charge in [-0.3, -0.25) is 0 Å². The van der Waals surface area contributed by atoms with E-state index >= 15 is 0 Å². The second kappa shape index (κ2) is 6.06. The van der Waals surface area contributed by atoms with Crippen LogP contribution in [0.25, 0.3) is 5.57 Å². The Morgan fingerprint density at radius 1 is 0.955 bits per heavy atom. The minimum absolute atomic E-state index is 0.251. The van der Waals surface area contributed by atoms with Gasteiger partial charge in [0.05, 0.1) is 18.1 Å². The molecular weight excluding hydrogens is 272 g/mol. The van der Waals surface area contributed by atoms with E-state index in [1.165, 1.54) is 0 Å². The predicted octanol–water partition coefficient (Wildman–Crippen LogP) is 3.13. The average Bonchev–Trinajstić information content (AvgIpc) is 2.96. The van der Waals surface area contributed by atoms with Crippen LogP contribution < -0.4 is 5.73 Å². The topological polar surface area (TPSA) is 74.5 Å². The summed E-state index contributed by atoms with van der Waals surface area (Å²) in [4.78, 5) is 0. The molecule has 0 aliphatic carbocycles. The van der Waals surface area contributed by atoms with Crippen molar-refractivity contribution in [3.8, 4) is 6.07 Å². The number of hydrogen-bond acceptors (Lipinski definition) is 4. The number of allylic oxidation sites excluding steroid dienone is 1. The summed E-state index contributed by atoms with van der Waals surface area (Å²) in [6.07, 6.45) is 0.251. The molecule has 1 aliphatic heterocycles. The van der Waals surface area contributed by atoms with Gasteiger partial charge in [0.25, 0.3) is 0 Å².